The van der Waals surface area contributed by atoms with Gasteiger partial charge in [0.2, 0.25) is 0 Å². The molecule has 15 heavy (non-hydrogen) atoms. The van der Waals surface area contributed by atoms with E-state index in [2.05, 4.69) is 10.2 Å². The Labute approximate surface area is 91.0 Å². The SMILES string of the molecule is FC1(CCN2CCOCC2)CCCNC1. The summed E-state index contributed by atoms with van der Waals surface area (Å²) >= 11 is 0. The van der Waals surface area contributed by atoms with Crippen LogP contribution >= 0.6 is 0 Å². The monoisotopic (exact) mass is 216 g/mol. The topological polar surface area (TPSA) is 24.5 Å². The maximum absolute atomic E-state index is 14.2. The Morgan fingerprint density at radius 2 is 2.13 bits per heavy atom. The fourth-order valence-electron chi connectivity index (χ4n) is 2.33. The number of hydrogen-bond acceptors (Lipinski definition) is 3. The summed E-state index contributed by atoms with van der Waals surface area (Å²) in [4.78, 5) is 2.30. The Hall–Kier alpha value is -0.190. The van der Waals surface area contributed by atoms with Crippen molar-refractivity contribution in [3.8, 4) is 0 Å². The minimum absolute atomic E-state index is 0.539. The Morgan fingerprint density at radius 1 is 1.33 bits per heavy atom. The van der Waals surface area contributed by atoms with Crippen molar-refractivity contribution in [1.82, 2.24) is 10.2 Å². The van der Waals surface area contributed by atoms with Crippen molar-refractivity contribution in [2.75, 3.05) is 45.9 Å². The van der Waals surface area contributed by atoms with Crippen LogP contribution in [0.5, 0.6) is 0 Å². The predicted octanol–water partition coefficient (Wildman–Crippen LogP) is 0.800. The minimum atomic E-state index is -0.962. The molecule has 0 aromatic heterocycles. The van der Waals surface area contributed by atoms with Gasteiger partial charge in [-0.1, -0.05) is 0 Å². The Morgan fingerprint density at radius 3 is 2.80 bits per heavy atom. The molecule has 2 saturated heterocycles. The summed E-state index contributed by atoms with van der Waals surface area (Å²) in [5, 5.41) is 3.14. The summed E-state index contributed by atoms with van der Waals surface area (Å²) < 4.78 is 19.5. The van der Waals surface area contributed by atoms with E-state index in [1.807, 2.05) is 0 Å². The number of morpholine rings is 1. The van der Waals surface area contributed by atoms with Crippen molar-refractivity contribution in [1.29, 1.82) is 0 Å². The number of rotatable bonds is 3. The summed E-state index contributed by atoms with van der Waals surface area (Å²) in [5.74, 6) is 0. The molecule has 0 aromatic rings. The van der Waals surface area contributed by atoms with E-state index in [-0.39, 0.29) is 0 Å². The molecule has 88 valence electrons. The van der Waals surface area contributed by atoms with E-state index in [0.717, 1.165) is 52.2 Å². The molecule has 0 bridgehead atoms. The van der Waals surface area contributed by atoms with Crippen LogP contribution in [0.3, 0.4) is 0 Å². The molecule has 2 fully saturated rings. The molecule has 4 heteroatoms. The van der Waals surface area contributed by atoms with Crippen LogP contribution in [0.2, 0.25) is 0 Å². The van der Waals surface area contributed by atoms with Gasteiger partial charge < -0.3 is 10.1 Å². The zero-order valence-corrected chi connectivity index (χ0v) is 9.30. The highest BCUT2D eigenvalue weighted by molar-refractivity contribution is 4.86. The third kappa shape index (κ3) is 3.40. The van der Waals surface area contributed by atoms with Gasteiger partial charge in [0.05, 0.1) is 13.2 Å². The minimum Gasteiger partial charge on any atom is -0.379 e. The zero-order valence-electron chi connectivity index (χ0n) is 9.30. The number of alkyl halides is 1. The van der Waals surface area contributed by atoms with Crippen LogP contribution in [-0.2, 0) is 4.74 Å². The van der Waals surface area contributed by atoms with E-state index in [4.69, 9.17) is 4.74 Å². The van der Waals surface area contributed by atoms with Crippen molar-refractivity contribution in [3.05, 3.63) is 0 Å². The van der Waals surface area contributed by atoms with Gasteiger partial charge in [-0.15, -0.1) is 0 Å². The third-order valence-electron chi connectivity index (χ3n) is 3.40. The Balaban J connectivity index is 1.70. The average molecular weight is 216 g/mol. The largest absolute Gasteiger partial charge is 0.379 e. The first-order valence-electron chi connectivity index (χ1n) is 5.98. The maximum atomic E-state index is 14.2. The molecule has 0 radical (unpaired) electrons. The summed E-state index contributed by atoms with van der Waals surface area (Å²) in [6.07, 6.45) is 2.37. The van der Waals surface area contributed by atoms with Gasteiger partial charge in [-0.3, -0.25) is 4.90 Å². The Kier molecular flexibility index (Phi) is 3.94. The summed E-state index contributed by atoms with van der Waals surface area (Å²) in [6.45, 7) is 5.92. The molecule has 1 unspecified atom stereocenters. The third-order valence-corrected chi connectivity index (χ3v) is 3.40. The summed E-state index contributed by atoms with van der Waals surface area (Å²) in [6, 6.07) is 0. The number of nitrogens with zero attached hydrogens (tertiary/aromatic N) is 1. The van der Waals surface area contributed by atoms with E-state index in [1.165, 1.54) is 0 Å². The van der Waals surface area contributed by atoms with Gasteiger partial charge in [0.25, 0.3) is 0 Å². The second kappa shape index (κ2) is 5.23. The molecule has 0 aromatic carbocycles. The molecule has 2 rings (SSSR count). The van der Waals surface area contributed by atoms with Gasteiger partial charge in [-0.05, 0) is 25.8 Å². The van der Waals surface area contributed by atoms with Crippen LogP contribution in [0.25, 0.3) is 0 Å². The number of hydrogen-bond donors (Lipinski definition) is 1. The van der Waals surface area contributed by atoms with Crippen LogP contribution in [0, 0.1) is 0 Å². The van der Waals surface area contributed by atoms with Crippen molar-refractivity contribution in [2.24, 2.45) is 0 Å². The van der Waals surface area contributed by atoms with Crippen LogP contribution in [0.4, 0.5) is 4.39 Å². The molecule has 3 nitrogen and oxygen atoms in total. The quantitative estimate of drug-likeness (QED) is 0.755. The molecular formula is C11H21FN2O. The van der Waals surface area contributed by atoms with Crippen LogP contribution in [-0.4, -0.2) is 56.5 Å². The number of halogens is 1. The fourth-order valence-corrected chi connectivity index (χ4v) is 2.33. The zero-order chi connectivity index (χ0) is 10.6. The van der Waals surface area contributed by atoms with Crippen LogP contribution < -0.4 is 5.32 Å². The van der Waals surface area contributed by atoms with Gasteiger partial charge in [-0.25, -0.2) is 4.39 Å². The van der Waals surface area contributed by atoms with Crippen molar-refractivity contribution in [2.45, 2.75) is 24.9 Å². The first-order chi connectivity index (χ1) is 7.29. The molecule has 0 amide bonds. The lowest BCUT2D eigenvalue weighted by atomic mass is 9.92. The lowest BCUT2D eigenvalue weighted by molar-refractivity contribution is 0.0230. The highest BCUT2D eigenvalue weighted by Crippen LogP contribution is 2.25. The maximum Gasteiger partial charge on any atom is 0.124 e. The Bertz CT molecular complexity index is 189. The fraction of sp³-hybridized carbons (Fsp3) is 1.00. The summed E-state index contributed by atoms with van der Waals surface area (Å²) in [7, 11) is 0. The molecule has 1 atom stereocenters. The molecule has 2 heterocycles. The molecule has 2 aliphatic heterocycles. The predicted molar refractivity (Wildman–Crippen MR) is 57.8 cm³/mol. The second-order valence-corrected chi connectivity index (χ2v) is 4.64. The van der Waals surface area contributed by atoms with Crippen molar-refractivity contribution in [3.63, 3.8) is 0 Å². The molecule has 0 saturated carbocycles. The van der Waals surface area contributed by atoms with E-state index >= 15 is 0 Å². The van der Waals surface area contributed by atoms with Gasteiger partial charge in [0.1, 0.15) is 5.67 Å². The lowest BCUT2D eigenvalue weighted by Gasteiger charge is -2.33. The number of ether oxygens (including phenoxy) is 1. The summed E-state index contributed by atoms with van der Waals surface area (Å²) in [5.41, 5.74) is -0.962. The van der Waals surface area contributed by atoms with Crippen LogP contribution in [0.1, 0.15) is 19.3 Å². The normalized spacial score (nSPS) is 34.2. The van der Waals surface area contributed by atoms with Gasteiger partial charge in [0, 0.05) is 26.2 Å². The lowest BCUT2D eigenvalue weighted by Crippen LogP contribution is -2.45. The van der Waals surface area contributed by atoms with Crippen LogP contribution in [0.15, 0.2) is 0 Å². The molecule has 2 aliphatic rings. The second-order valence-electron chi connectivity index (χ2n) is 4.64. The van der Waals surface area contributed by atoms with Crippen molar-refractivity contribution < 1.29 is 9.13 Å². The highest BCUT2D eigenvalue weighted by Gasteiger charge is 2.31. The molecule has 0 aliphatic carbocycles. The standard InChI is InChI=1S/C11H21FN2O/c12-11(2-1-4-13-10-11)3-5-14-6-8-15-9-7-14/h13H,1-10H2. The van der Waals surface area contributed by atoms with Gasteiger partial charge >= 0.3 is 0 Å². The van der Waals surface area contributed by atoms with Gasteiger partial charge in [0.15, 0.2) is 0 Å². The van der Waals surface area contributed by atoms with Crippen molar-refractivity contribution >= 4 is 0 Å². The molecule has 0 spiro atoms. The highest BCUT2D eigenvalue weighted by atomic mass is 19.1. The number of nitrogens with one attached hydrogen (secondary N) is 1. The first kappa shape index (κ1) is 11.3. The smallest absolute Gasteiger partial charge is 0.124 e. The number of piperidine rings is 1. The van der Waals surface area contributed by atoms with E-state index in [0.29, 0.717) is 13.0 Å². The molecule has 1 N–H and O–H groups in total. The van der Waals surface area contributed by atoms with E-state index in [1.54, 1.807) is 0 Å². The van der Waals surface area contributed by atoms with E-state index < -0.39 is 5.67 Å². The van der Waals surface area contributed by atoms with Gasteiger partial charge in [-0.2, -0.15) is 0 Å². The van der Waals surface area contributed by atoms with E-state index in [9.17, 15) is 4.39 Å². The molecular weight excluding hydrogens is 195 g/mol. The average Bonchev–Trinajstić information content (AvgIpc) is 2.29. The first-order valence-corrected chi connectivity index (χ1v) is 5.98.